The van der Waals surface area contributed by atoms with Gasteiger partial charge in [0, 0.05) is 94.4 Å². The molecular formula is C124H79N11O3. The summed E-state index contributed by atoms with van der Waals surface area (Å²) in [4.78, 5) is 39.9. The first-order valence-electron chi connectivity index (χ1n) is 46.0. The van der Waals surface area contributed by atoms with Crippen LogP contribution in [0.4, 0.5) is 0 Å². The molecule has 0 bridgehead atoms. The molecule has 0 saturated carbocycles. The fraction of sp³-hybridized carbons (Fsp3) is 0. The maximum absolute atomic E-state index is 6.49. The van der Waals surface area contributed by atoms with Gasteiger partial charge in [-0.25, -0.2) is 39.9 Å². The van der Waals surface area contributed by atoms with Crippen LogP contribution in [0.2, 0.25) is 0 Å². The van der Waals surface area contributed by atoms with E-state index in [9.17, 15) is 0 Å². The fourth-order valence-corrected chi connectivity index (χ4v) is 19.0. The number of benzene rings is 18. The van der Waals surface area contributed by atoms with Gasteiger partial charge in [-0.3, -0.25) is 0 Å². The molecule has 9 aromatic heterocycles. The van der Waals surface area contributed by atoms with Crippen molar-refractivity contribution in [3.63, 3.8) is 0 Å². The van der Waals surface area contributed by atoms with Crippen molar-refractivity contribution >= 4 is 98.7 Å². The van der Waals surface area contributed by atoms with E-state index in [2.05, 4.69) is 311 Å². The molecule has 0 N–H and O–H groups in total. The van der Waals surface area contributed by atoms with E-state index in [1.165, 1.54) is 0 Å². The zero-order valence-electron chi connectivity index (χ0n) is 74.3. The van der Waals surface area contributed by atoms with Gasteiger partial charge in [0.15, 0.2) is 28.4 Å². The summed E-state index contributed by atoms with van der Waals surface area (Å²) in [5, 5.41) is 6.50. The second-order valence-electron chi connectivity index (χ2n) is 34.0. The highest BCUT2D eigenvalue weighted by Crippen LogP contribution is 2.45. The van der Waals surface area contributed by atoms with E-state index in [-0.39, 0.29) is 0 Å². The monoisotopic (exact) mass is 1770 g/mol. The number of hydrogen-bond acceptors (Lipinski definition) is 11. The van der Waals surface area contributed by atoms with Crippen molar-refractivity contribution in [1.29, 1.82) is 0 Å². The van der Waals surface area contributed by atoms with Gasteiger partial charge < -0.3 is 27.0 Å². The number of rotatable bonds is 15. The van der Waals surface area contributed by atoms with Gasteiger partial charge in [0.1, 0.15) is 16.6 Å². The molecule has 0 spiro atoms. The first kappa shape index (κ1) is 81.1. The molecule has 0 unspecified atom stereocenters. The lowest BCUT2D eigenvalue weighted by Crippen LogP contribution is -1.98. The summed E-state index contributed by atoms with van der Waals surface area (Å²) in [5.74, 6) is 3.23. The number of pyridine rings is 1. The summed E-state index contributed by atoms with van der Waals surface area (Å²) in [6.45, 7) is 0. The predicted octanol–water partition coefficient (Wildman–Crippen LogP) is 31.8. The molecule has 18 aromatic carbocycles. The standard InChI is InChI=1S/C42H27N3O.2C41H26N4O/c1-4-13-28(14-5-1)32-26-36(29-15-6-2-7-16-29)43-37(27-32)31-19-12-20-33(25-31)45-38-22-11-10-21-34(38)40-39(45)24-23-35-41(40)46-42(44-35)30-17-8-3-9-18-30;1-4-13-27(14-5-1)34-26-35(43-40(42-34)28-15-6-2-7-16-28)30-19-12-20-31(25-30)45-36-22-11-10-21-32(36)38-37(45)24-23-33-39(38)46-41(44-33)29-17-8-3-9-18-29;1-4-13-27(14-5-1)34-26-35(28-15-6-2-7-16-28)43-40(42-34)30-19-12-20-31(25-30)45-36-22-11-10-21-32(36)38-37(45)24-23-33-39(38)46-41(44-33)29-17-8-3-9-18-29/h1-27H;2*1-26H. The number of aromatic nitrogens is 11. The van der Waals surface area contributed by atoms with E-state index in [1.807, 2.05) is 182 Å². The van der Waals surface area contributed by atoms with Crippen LogP contribution in [0.25, 0.3) is 252 Å². The summed E-state index contributed by atoms with van der Waals surface area (Å²) in [7, 11) is 0. The minimum atomic E-state index is 0.617. The maximum Gasteiger partial charge on any atom is 0.227 e. The lowest BCUT2D eigenvalue weighted by atomic mass is 10.00. The largest absolute Gasteiger partial charge is 0.435 e. The summed E-state index contributed by atoms with van der Waals surface area (Å²) in [6, 6.07) is 164. The summed E-state index contributed by atoms with van der Waals surface area (Å²) in [5.41, 5.74) is 33.2. The number of hydrogen-bond donors (Lipinski definition) is 0. The van der Waals surface area contributed by atoms with E-state index in [0.29, 0.717) is 29.3 Å². The molecule has 648 valence electrons. The average molecular weight is 1770 g/mol. The molecular weight excluding hydrogens is 1690 g/mol. The van der Waals surface area contributed by atoms with Gasteiger partial charge in [0.25, 0.3) is 0 Å². The number of para-hydroxylation sites is 3. The Morgan fingerprint density at radius 1 is 0.152 bits per heavy atom. The van der Waals surface area contributed by atoms with Crippen molar-refractivity contribution in [2.24, 2.45) is 0 Å². The number of nitrogens with zero attached hydrogens (tertiary/aromatic N) is 11. The normalized spacial score (nSPS) is 11.5. The molecule has 0 atom stereocenters. The Labute approximate surface area is 792 Å². The van der Waals surface area contributed by atoms with Crippen LogP contribution >= 0.6 is 0 Å². The van der Waals surface area contributed by atoms with Crippen LogP contribution in [-0.2, 0) is 0 Å². The molecule has 0 amide bonds. The second kappa shape index (κ2) is 35.0. The third kappa shape index (κ3) is 15.1. The van der Waals surface area contributed by atoms with Gasteiger partial charge >= 0.3 is 0 Å². The van der Waals surface area contributed by atoms with Crippen LogP contribution < -0.4 is 0 Å². The Morgan fingerprint density at radius 3 is 0.732 bits per heavy atom. The van der Waals surface area contributed by atoms with E-state index in [0.717, 1.165) is 222 Å². The molecule has 0 aliphatic heterocycles. The molecule has 138 heavy (non-hydrogen) atoms. The highest BCUT2D eigenvalue weighted by molar-refractivity contribution is 6.22. The van der Waals surface area contributed by atoms with E-state index in [4.69, 9.17) is 53.1 Å². The van der Waals surface area contributed by atoms with E-state index >= 15 is 0 Å². The Hall–Kier alpha value is -18.9. The molecule has 27 rings (SSSR count). The Balaban J connectivity index is 0.000000110. The maximum atomic E-state index is 6.49. The smallest absolute Gasteiger partial charge is 0.227 e. The summed E-state index contributed by atoms with van der Waals surface area (Å²) in [6.07, 6.45) is 0. The van der Waals surface area contributed by atoms with Gasteiger partial charge in [-0.05, 0) is 163 Å². The van der Waals surface area contributed by atoms with Crippen molar-refractivity contribution in [2.45, 2.75) is 0 Å². The predicted molar refractivity (Wildman–Crippen MR) is 559 cm³/mol. The third-order valence-electron chi connectivity index (χ3n) is 25.5. The van der Waals surface area contributed by atoms with Crippen LogP contribution in [0.15, 0.2) is 492 Å². The summed E-state index contributed by atoms with van der Waals surface area (Å²) >= 11 is 0. The molecule has 14 nitrogen and oxygen atoms in total. The topological polar surface area (TPSA) is 157 Å². The fourth-order valence-electron chi connectivity index (χ4n) is 19.0. The Kier molecular flexibility index (Phi) is 20.6. The molecule has 0 aliphatic carbocycles. The minimum Gasteiger partial charge on any atom is -0.435 e. The van der Waals surface area contributed by atoms with Crippen LogP contribution in [0.1, 0.15) is 0 Å². The molecule has 9 heterocycles. The van der Waals surface area contributed by atoms with E-state index in [1.54, 1.807) is 0 Å². The molecule has 0 fully saturated rings. The zero-order valence-corrected chi connectivity index (χ0v) is 74.3. The lowest BCUT2D eigenvalue weighted by Gasteiger charge is -2.13. The Morgan fingerprint density at radius 2 is 0.399 bits per heavy atom. The molecule has 14 heteroatoms. The van der Waals surface area contributed by atoms with Crippen LogP contribution in [-0.4, -0.2) is 53.6 Å². The highest BCUT2D eigenvalue weighted by Gasteiger charge is 2.26. The van der Waals surface area contributed by atoms with Crippen molar-refractivity contribution in [2.75, 3.05) is 0 Å². The Bertz CT molecular complexity index is 8220. The third-order valence-corrected chi connectivity index (χ3v) is 25.5. The highest BCUT2D eigenvalue weighted by atomic mass is 16.4. The van der Waals surface area contributed by atoms with Crippen molar-refractivity contribution in [1.82, 2.24) is 53.6 Å². The summed E-state index contributed by atoms with van der Waals surface area (Å²) < 4.78 is 26.4. The van der Waals surface area contributed by atoms with Gasteiger partial charge in [-0.1, -0.05) is 328 Å². The minimum absolute atomic E-state index is 0.617. The van der Waals surface area contributed by atoms with Crippen LogP contribution in [0.5, 0.6) is 0 Å². The van der Waals surface area contributed by atoms with Crippen molar-refractivity contribution in [3.05, 3.63) is 479 Å². The number of fused-ring (bicyclic) bond motifs is 15. The van der Waals surface area contributed by atoms with Crippen LogP contribution in [0.3, 0.4) is 0 Å². The van der Waals surface area contributed by atoms with Gasteiger partial charge in [0.05, 0.1) is 83.4 Å². The van der Waals surface area contributed by atoms with Gasteiger partial charge in [-0.2, -0.15) is 0 Å². The molecule has 27 aromatic rings. The first-order chi connectivity index (χ1) is 68.4. The van der Waals surface area contributed by atoms with Gasteiger partial charge in [0.2, 0.25) is 17.7 Å². The van der Waals surface area contributed by atoms with Crippen molar-refractivity contribution < 1.29 is 13.3 Å². The van der Waals surface area contributed by atoms with E-state index < -0.39 is 0 Å². The quantitative estimate of drug-likeness (QED) is 0.0962. The molecule has 0 saturated heterocycles. The van der Waals surface area contributed by atoms with Gasteiger partial charge in [-0.15, -0.1) is 0 Å². The molecule has 0 aliphatic rings. The second-order valence-corrected chi connectivity index (χ2v) is 34.0. The van der Waals surface area contributed by atoms with Crippen LogP contribution in [0, 0.1) is 0 Å². The first-order valence-corrected chi connectivity index (χ1v) is 46.0. The zero-order chi connectivity index (χ0) is 91.4. The SMILES string of the molecule is c1ccc(-c2cc(-c3cccc(-n4c5ccccc5c5c6oc(-c7ccccc7)nc6ccc54)c3)nc(-c3ccccc3)n2)cc1.c1ccc(-c2cc(-c3ccccc3)nc(-c3cccc(-n4c5ccccc5c5c6oc(-c7ccccc7)nc6ccc54)c3)c2)cc1.c1ccc(-c2cc(-c3ccccc3)nc(-c3cccc(-n4c5ccccc5c5c6oc(-c7ccccc7)nc6ccc54)c3)n2)cc1. The molecule has 0 radical (unpaired) electrons. The average Bonchev–Trinajstić information content (AvgIpc) is 1.58. The van der Waals surface area contributed by atoms with Crippen molar-refractivity contribution in [3.8, 4) is 153 Å². The lowest BCUT2D eigenvalue weighted by molar-refractivity contribution is 0.622. The number of oxazole rings is 3.